The molecule has 0 amide bonds. The Morgan fingerprint density at radius 2 is 2.03 bits per heavy atom. The highest BCUT2D eigenvalue weighted by Crippen LogP contribution is 2.38. The molecule has 1 aromatic heterocycles. The molecule has 150 valence electrons. The molecule has 3 aromatic rings. The Kier molecular flexibility index (Phi) is 5.65. The van der Waals surface area contributed by atoms with Crippen molar-refractivity contribution in [3.63, 3.8) is 0 Å². The number of hydroxylamine groups is 1. The first-order valence-electron chi connectivity index (χ1n) is 9.40. The summed E-state index contributed by atoms with van der Waals surface area (Å²) in [5, 5.41) is 2.78. The fraction of sp³-hybridized carbons (Fsp3) is 0.273. The van der Waals surface area contributed by atoms with E-state index in [1.165, 1.54) is 23.3 Å². The van der Waals surface area contributed by atoms with Crippen LogP contribution in [0.25, 0.3) is 10.9 Å². The second kappa shape index (κ2) is 8.35. The molecule has 0 aliphatic carbocycles. The van der Waals surface area contributed by atoms with Gasteiger partial charge in [-0.25, -0.2) is 14.2 Å². The number of ether oxygens (including phenoxy) is 1. The van der Waals surface area contributed by atoms with Crippen LogP contribution in [0.4, 0.5) is 10.1 Å². The van der Waals surface area contributed by atoms with E-state index in [2.05, 4.69) is 4.98 Å². The van der Waals surface area contributed by atoms with Crippen LogP contribution < -0.4 is 5.06 Å². The number of aromatic nitrogens is 1. The van der Waals surface area contributed by atoms with Gasteiger partial charge in [-0.05, 0) is 55.2 Å². The van der Waals surface area contributed by atoms with Crippen LogP contribution in [0.1, 0.15) is 34.7 Å². The second-order valence-corrected chi connectivity index (χ2v) is 7.43. The van der Waals surface area contributed by atoms with Gasteiger partial charge in [-0.15, -0.1) is 0 Å². The number of hydrogen-bond acceptors (Lipinski definition) is 5. The minimum Gasteiger partial charge on any atom is -0.381 e. The second-order valence-electron chi connectivity index (χ2n) is 7.00. The fourth-order valence-electron chi connectivity index (χ4n) is 3.66. The van der Waals surface area contributed by atoms with E-state index in [1.54, 1.807) is 13.1 Å². The van der Waals surface area contributed by atoms with Crippen LogP contribution >= 0.6 is 11.6 Å². The number of hydrogen-bond donors (Lipinski definition) is 0. The maximum absolute atomic E-state index is 13.5. The Bertz CT molecular complexity index is 1050. The Balaban J connectivity index is 1.74. The lowest BCUT2D eigenvalue weighted by Gasteiger charge is -2.28. The molecular weight excluding hydrogens is 395 g/mol. The number of rotatable bonds is 4. The summed E-state index contributed by atoms with van der Waals surface area (Å²) in [7, 11) is 1.66. The maximum Gasteiger partial charge on any atom is 0.363 e. The van der Waals surface area contributed by atoms with Crippen molar-refractivity contribution in [1.29, 1.82) is 0 Å². The van der Waals surface area contributed by atoms with E-state index >= 15 is 0 Å². The summed E-state index contributed by atoms with van der Waals surface area (Å²) in [6.07, 6.45) is 3.53. The van der Waals surface area contributed by atoms with Crippen LogP contribution in [-0.2, 0) is 9.57 Å². The smallest absolute Gasteiger partial charge is 0.363 e. The number of carbonyl (C=O) groups is 1. The van der Waals surface area contributed by atoms with Crippen molar-refractivity contribution in [2.75, 3.05) is 25.3 Å². The van der Waals surface area contributed by atoms with Gasteiger partial charge in [-0.2, -0.15) is 0 Å². The Hall–Kier alpha value is -2.70. The number of anilines is 1. The van der Waals surface area contributed by atoms with E-state index in [4.69, 9.17) is 21.2 Å². The molecule has 1 aliphatic rings. The zero-order valence-electron chi connectivity index (χ0n) is 15.9. The van der Waals surface area contributed by atoms with Crippen LogP contribution in [0.15, 0.2) is 48.7 Å². The molecular formula is C22H20ClFN2O3. The van der Waals surface area contributed by atoms with Gasteiger partial charge >= 0.3 is 5.97 Å². The summed E-state index contributed by atoms with van der Waals surface area (Å²) in [4.78, 5) is 22.7. The van der Waals surface area contributed by atoms with E-state index in [0.29, 0.717) is 18.2 Å². The van der Waals surface area contributed by atoms with E-state index in [-0.39, 0.29) is 11.5 Å². The standard InChI is InChI=1S/C22H20ClFN2O3/c1-26(29-22(27)15-3-2-4-17(24)11-15)21-18-12-16(23)5-6-20(18)25-13-19(21)14-7-9-28-10-8-14/h2-6,11-14H,7-10H2,1H3. The summed E-state index contributed by atoms with van der Waals surface area (Å²) in [5.41, 5.74) is 2.58. The van der Waals surface area contributed by atoms with Gasteiger partial charge in [0.2, 0.25) is 0 Å². The largest absolute Gasteiger partial charge is 0.381 e. The molecule has 1 aliphatic heterocycles. The van der Waals surface area contributed by atoms with E-state index in [1.807, 2.05) is 18.3 Å². The van der Waals surface area contributed by atoms with Crippen LogP contribution in [0.5, 0.6) is 0 Å². The topological polar surface area (TPSA) is 51.7 Å². The molecule has 2 heterocycles. The summed E-state index contributed by atoms with van der Waals surface area (Å²) < 4.78 is 19.0. The van der Waals surface area contributed by atoms with Crippen LogP contribution in [0.3, 0.4) is 0 Å². The first-order valence-corrected chi connectivity index (χ1v) is 9.78. The monoisotopic (exact) mass is 414 g/mol. The number of pyridine rings is 1. The summed E-state index contributed by atoms with van der Waals surface area (Å²) in [6, 6.07) is 10.8. The molecule has 0 N–H and O–H groups in total. The molecule has 0 bridgehead atoms. The minimum absolute atomic E-state index is 0.140. The molecule has 5 nitrogen and oxygen atoms in total. The van der Waals surface area contributed by atoms with E-state index < -0.39 is 11.8 Å². The van der Waals surface area contributed by atoms with E-state index in [0.717, 1.165) is 41.1 Å². The highest BCUT2D eigenvalue weighted by Gasteiger charge is 2.25. The molecule has 0 spiro atoms. The SMILES string of the molecule is CN(OC(=O)c1cccc(F)c1)c1c(C2CCOCC2)cnc2ccc(Cl)cc12. The number of halogens is 2. The molecule has 0 atom stereocenters. The first-order chi connectivity index (χ1) is 14.0. The molecule has 7 heteroatoms. The number of nitrogens with zero attached hydrogens (tertiary/aromatic N) is 2. The van der Waals surface area contributed by atoms with Crippen molar-refractivity contribution in [1.82, 2.24) is 4.98 Å². The molecule has 4 rings (SSSR count). The molecule has 0 unspecified atom stereocenters. The third kappa shape index (κ3) is 4.18. The van der Waals surface area contributed by atoms with Crippen molar-refractivity contribution in [2.45, 2.75) is 18.8 Å². The van der Waals surface area contributed by atoms with Crippen molar-refractivity contribution in [3.8, 4) is 0 Å². The Morgan fingerprint density at radius 3 is 2.79 bits per heavy atom. The average molecular weight is 415 g/mol. The molecule has 29 heavy (non-hydrogen) atoms. The lowest BCUT2D eigenvalue weighted by atomic mass is 9.90. The van der Waals surface area contributed by atoms with Gasteiger partial charge in [0.05, 0.1) is 16.8 Å². The minimum atomic E-state index is -0.642. The maximum atomic E-state index is 13.5. The zero-order chi connectivity index (χ0) is 20.4. The van der Waals surface area contributed by atoms with Gasteiger partial charge in [-0.1, -0.05) is 17.7 Å². The quantitative estimate of drug-likeness (QED) is 0.554. The van der Waals surface area contributed by atoms with Crippen molar-refractivity contribution in [2.24, 2.45) is 0 Å². The van der Waals surface area contributed by atoms with Crippen molar-refractivity contribution in [3.05, 3.63) is 70.6 Å². The van der Waals surface area contributed by atoms with Crippen LogP contribution in [-0.4, -0.2) is 31.2 Å². The van der Waals surface area contributed by atoms with E-state index in [9.17, 15) is 9.18 Å². The van der Waals surface area contributed by atoms with Crippen LogP contribution in [0, 0.1) is 5.82 Å². The zero-order valence-corrected chi connectivity index (χ0v) is 16.7. The number of carbonyl (C=O) groups excluding carboxylic acids is 1. The van der Waals surface area contributed by atoms with Gasteiger partial charge in [0.1, 0.15) is 5.82 Å². The van der Waals surface area contributed by atoms with Gasteiger partial charge in [-0.3, -0.25) is 4.98 Å². The van der Waals surface area contributed by atoms with Gasteiger partial charge in [0, 0.05) is 42.4 Å². The Labute approximate surface area is 173 Å². The fourth-order valence-corrected chi connectivity index (χ4v) is 3.84. The third-order valence-electron chi connectivity index (χ3n) is 5.09. The first kappa shape index (κ1) is 19.6. The van der Waals surface area contributed by atoms with Gasteiger partial charge < -0.3 is 9.57 Å². The number of fused-ring (bicyclic) bond motifs is 1. The van der Waals surface area contributed by atoms with Gasteiger partial charge in [0.15, 0.2) is 0 Å². The Morgan fingerprint density at radius 1 is 1.24 bits per heavy atom. The highest BCUT2D eigenvalue weighted by molar-refractivity contribution is 6.31. The molecule has 1 saturated heterocycles. The normalized spacial score (nSPS) is 14.7. The summed E-state index contributed by atoms with van der Waals surface area (Å²) in [5.74, 6) is -0.909. The van der Waals surface area contributed by atoms with Gasteiger partial charge in [0.25, 0.3) is 0 Å². The third-order valence-corrected chi connectivity index (χ3v) is 5.32. The predicted octanol–water partition coefficient (Wildman–Crippen LogP) is 5.13. The number of benzene rings is 2. The molecule has 2 aromatic carbocycles. The predicted molar refractivity (Wildman–Crippen MR) is 110 cm³/mol. The summed E-state index contributed by atoms with van der Waals surface area (Å²) in [6.45, 7) is 1.34. The lowest BCUT2D eigenvalue weighted by molar-refractivity contribution is 0.0475. The molecule has 0 radical (unpaired) electrons. The molecule has 1 fully saturated rings. The summed E-state index contributed by atoms with van der Waals surface area (Å²) >= 11 is 6.24. The van der Waals surface area contributed by atoms with Crippen LogP contribution in [0.2, 0.25) is 5.02 Å². The van der Waals surface area contributed by atoms with Crippen molar-refractivity contribution >= 4 is 34.2 Å². The van der Waals surface area contributed by atoms with Crippen molar-refractivity contribution < 1.29 is 18.8 Å². The highest BCUT2D eigenvalue weighted by atomic mass is 35.5. The lowest BCUT2D eigenvalue weighted by Crippen LogP contribution is -2.26. The molecule has 0 saturated carbocycles. The average Bonchev–Trinajstić information content (AvgIpc) is 2.73.